The van der Waals surface area contributed by atoms with E-state index in [-0.39, 0.29) is 12.3 Å². The van der Waals surface area contributed by atoms with Crippen molar-refractivity contribution in [1.82, 2.24) is 14.9 Å². The van der Waals surface area contributed by atoms with Crippen molar-refractivity contribution in [1.29, 1.82) is 0 Å². The molecule has 2 N–H and O–H groups in total. The van der Waals surface area contributed by atoms with E-state index in [2.05, 4.69) is 10.3 Å². The molecular formula is C21H23N3O3. The van der Waals surface area contributed by atoms with Gasteiger partial charge >= 0.3 is 5.97 Å². The average molecular weight is 365 g/mol. The van der Waals surface area contributed by atoms with Gasteiger partial charge in [0.05, 0.1) is 11.0 Å². The molecule has 0 aliphatic rings. The van der Waals surface area contributed by atoms with Gasteiger partial charge in [0.1, 0.15) is 11.4 Å². The third-order valence-electron chi connectivity index (χ3n) is 4.81. The Morgan fingerprint density at radius 3 is 2.44 bits per heavy atom. The molecular weight excluding hydrogens is 342 g/mol. The molecule has 0 aliphatic heterocycles. The number of rotatable bonds is 7. The molecule has 0 spiro atoms. The number of benzene rings is 2. The summed E-state index contributed by atoms with van der Waals surface area (Å²) in [5.74, 6) is -0.561. The second-order valence-corrected chi connectivity index (χ2v) is 6.73. The summed E-state index contributed by atoms with van der Waals surface area (Å²) in [7, 11) is 0. The van der Waals surface area contributed by atoms with Gasteiger partial charge in [0.25, 0.3) is 0 Å². The Balaban J connectivity index is 1.85. The molecule has 3 rings (SSSR count). The number of imidazole rings is 1. The fraction of sp³-hybridized carbons (Fsp3) is 0.286. The van der Waals surface area contributed by atoms with Crippen LogP contribution in [0.5, 0.6) is 0 Å². The highest BCUT2D eigenvalue weighted by atomic mass is 16.4. The molecule has 1 aromatic heterocycles. The first kappa shape index (κ1) is 18.6. The molecule has 0 saturated carbocycles. The van der Waals surface area contributed by atoms with Gasteiger partial charge in [0.15, 0.2) is 0 Å². The molecule has 140 valence electrons. The predicted molar refractivity (Wildman–Crippen MR) is 104 cm³/mol. The zero-order valence-corrected chi connectivity index (χ0v) is 15.5. The molecule has 27 heavy (non-hydrogen) atoms. The number of carboxylic acid groups (broad SMARTS) is 1. The molecule has 6 heteroatoms. The van der Waals surface area contributed by atoms with E-state index in [0.717, 1.165) is 22.5 Å². The second kappa shape index (κ2) is 7.61. The summed E-state index contributed by atoms with van der Waals surface area (Å²) in [4.78, 5) is 28.4. The maximum atomic E-state index is 12.3. The third-order valence-corrected chi connectivity index (χ3v) is 4.81. The first-order chi connectivity index (χ1) is 12.9. The highest BCUT2D eigenvalue weighted by Crippen LogP contribution is 2.22. The Labute approximate surface area is 157 Å². The largest absolute Gasteiger partial charge is 0.480 e. The summed E-state index contributed by atoms with van der Waals surface area (Å²) in [5.41, 5.74) is 1.56. The highest BCUT2D eigenvalue weighted by Gasteiger charge is 2.32. The molecule has 1 unspecified atom stereocenters. The lowest BCUT2D eigenvalue weighted by molar-refractivity contribution is -0.147. The maximum Gasteiger partial charge on any atom is 0.329 e. The lowest BCUT2D eigenvalue weighted by Crippen LogP contribution is -2.51. The van der Waals surface area contributed by atoms with E-state index in [4.69, 9.17) is 0 Å². The van der Waals surface area contributed by atoms with Crippen LogP contribution in [0.15, 0.2) is 54.6 Å². The van der Waals surface area contributed by atoms with Crippen molar-refractivity contribution in [2.24, 2.45) is 0 Å². The van der Waals surface area contributed by atoms with E-state index >= 15 is 0 Å². The van der Waals surface area contributed by atoms with Crippen LogP contribution in [0, 0.1) is 0 Å². The van der Waals surface area contributed by atoms with Gasteiger partial charge in [-0.1, -0.05) is 37.3 Å². The number of aliphatic carboxylic acids is 1. The van der Waals surface area contributed by atoms with Gasteiger partial charge in [-0.3, -0.25) is 9.36 Å². The molecule has 3 aromatic rings. The Kier molecular flexibility index (Phi) is 5.26. The normalized spacial score (nSPS) is 13.3. The van der Waals surface area contributed by atoms with Crippen molar-refractivity contribution in [3.05, 3.63) is 60.4 Å². The van der Waals surface area contributed by atoms with E-state index in [9.17, 15) is 14.7 Å². The molecule has 0 saturated heterocycles. The van der Waals surface area contributed by atoms with Gasteiger partial charge < -0.3 is 10.4 Å². The highest BCUT2D eigenvalue weighted by molar-refractivity contribution is 5.86. The molecule has 0 aliphatic carbocycles. The average Bonchev–Trinajstić information content (AvgIpc) is 3.05. The summed E-state index contributed by atoms with van der Waals surface area (Å²) in [6.07, 6.45) is 0.893. The summed E-state index contributed by atoms with van der Waals surface area (Å²) in [6.45, 7) is 3.26. The van der Waals surface area contributed by atoms with Gasteiger partial charge in [0, 0.05) is 18.5 Å². The van der Waals surface area contributed by atoms with Crippen LogP contribution in [0.2, 0.25) is 0 Å². The minimum Gasteiger partial charge on any atom is -0.480 e. The SMILES string of the molecule is CCC(C)(NC(=O)CCc1nc2ccccc2n1-c1ccccc1)C(=O)O. The van der Waals surface area contributed by atoms with Crippen molar-refractivity contribution < 1.29 is 14.7 Å². The van der Waals surface area contributed by atoms with Crippen LogP contribution in [0.25, 0.3) is 16.7 Å². The standard InChI is InChI=1S/C21H23N3O3/c1-3-21(2,20(26)27)23-19(25)14-13-18-22-16-11-7-8-12-17(16)24(18)15-9-5-4-6-10-15/h4-12H,3,13-14H2,1-2H3,(H,23,25)(H,26,27). The lowest BCUT2D eigenvalue weighted by atomic mass is 9.99. The monoisotopic (exact) mass is 365 g/mol. The van der Waals surface area contributed by atoms with E-state index in [1.807, 2.05) is 59.2 Å². The topological polar surface area (TPSA) is 84.2 Å². The first-order valence-corrected chi connectivity index (χ1v) is 9.01. The zero-order chi connectivity index (χ0) is 19.4. The van der Waals surface area contributed by atoms with Crippen LogP contribution in [-0.2, 0) is 16.0 Å². The zero-order valence-electron chi connectivity index (χ0n) is 15.5. The summed E-state index contributed by atoms with van der Waals surface area (Å²) >= 11 is 0. The number of nitrogens with zero attached hydrogens (tertiary/aromatic N) is 2. The fourth-order valence-electron chi connectivity index (χ4n) is 3.00. The van der Waals surface area contributed by atoms with E-state index in [1.165, 1.54) is 6.92 Å². The number of amides is 1. The van der Waals surface area contributed by atoms with Crippen LogP contribution >= 0.6 is 0 Å². The van der Waals surface area contributed by atoms with Crippen molar-refractivity contribution in [3.63, 3.8) is 0 Å². The molecule has 0 fully saturated rings. The quantitative estimate of drug-likeness (QED) is 0.673. The Morgan fingerprint density at radius 2 is 1.78 bits per heavy atom. The molecule has 0 radical (unpaired) electrons. The van der Waals surface area contributed by atoms with E-state index < -0.39 is 11.5 Å². The van der Waals surface area contributed by atoms with Gasteiger partial charge in [-0.25, -0.2) is 9.78 Å². The molecule has 6 nitrogen and oxygen atoms in total. The van der Waals surface area contributed by atoms with E-state index in [1.54, 1.807) is 6.92 Å². The molecule has 1 atom stereocenters. The van der Waals surface area contributed by atoms with Gasteiger partial charge in [0.2, 0.25) is 5.91 Å². The fourth-order valence-corrected chi connectivity index (χ4v) is 3.00. The number of aromatic nitrogens is 2. The number of aryl methyl sites for hydroxylation is 1. The number of carbonyl (C=O) groups excluding carboxylic acids is 1. The number of para-hydroxylation sites is 3. The van der Waals surface area contributed by atoms with Gasteiger partial charge in [-0.05, 0) is 37.6 Å². The van der Waals surface area contributed by atoms with Crippen molar-refractivity contribution >= 4 is 22.9 Å². The van der Waals surface area contributed by atoms with Crippen LogP contribution in [-0.4, -0.2) is 32.1 Å². The van der Waals surface area contributed by atoms with Crippen LogP contribution < -0.4 is 5.32 Å². The number of fused-ring (bicyclic) bond motifs is 1. The molecule has 2 aromatic carbocycles. The van der Waals surface area contributed by atoms with E-state index in [0.29, 0.717) is 12.8 Å². The number of nitrogens with one attached hydrogen (secondary N) is 1. The van der Waals surface area contributed by atoms with Crippen LogP contribution in [0.1, 0.15) is 32.5 Å². The number of hydrogen-bond donors (Lipinski definition) is 2. The number of hydrogen-bond acceptors (Lipinski definition) is 3. The van der Waals surface area contributed by atoms with Gasteiger partial charge in [-0.15, -0.1) is 0 Å². The molecule has 1 amide bonds. The summed E-state index contributed by atoms with van der Waals surface area (Å²) in [6, 6.07) is 17.7. The smallest absolute Gasteiger partial charge is 0.329 e. The summed E-state index contributed by atoms with van der Waals surface area (Å²) < 4.78 is 2.04. The first-order valence-electron chi connectivity index (χ1n) is 9.01. The van der Waals surface area contributed by atoms with Crippen LogP contribution in [0.3, 0.4) is 0 Å². The number of carbonyl (C=O) groups is 2. The third kappa shape index (κ3) is 3.84. The Morgan fingerprint density at radius 1 is 1.11 bits per heavy atom. The van der Waals surface area contributed by atoms with Crippen molar-refractivity contribution in [2.75, 3.05) is 0 Å². The van der Waals surface area contributed by atoms with Crippen molar-refractivity contribution in [3.8, 4) is 5.69 Å². The predicted octanol–water partition coefficient (Wildman–Crippen LogP) is 3.33. The Bertz CT molecular complexity index is 965. The number of carboxylic acids is 1. The van der Waals surface area contributed by atoms with Crippen LogP contribution in [0.4, 0.5) is 0 Å². The van der Waals surface area contributed by atoms with Gasteiger partial charge in [-0.2, -0.15) is 0 Å². The maximum absolute atomic E-state index is 12.3. The molecule has 0 bridgehead atoms. The Hall–Kier alpha value is -3.15. The minimum atomic E-state index is -1.25. The summed E-state index contributed by atoms with van der Waals surface area (Å²) in [5, 5.41) is 12.0. The second-order valence-electron chi connectivity index (χ2n) is 6.73. The van der Waals surface area contributed by atoms with Crippen molar-refractivity contribution in [2.45, 2.75) is 38.6 Å². The lowest BCUT2D eigenvalue weighted by Gasteiger charge is -2.24. The minimum absolute atomic E-state index is 0.166. The molecule has 1 heterocycles.